The molecule has 4 rings (SSSR count). The van der Waals surface area contributed by atoms with Crippen LogP contribution in [0.5, 0.6) is 0 Å². The Hall–Kier alpha value is -3.18. The first kappa shape index (κ1) is 24.9. The molecule has 11 heteroatoms. The first-order valence-electron chi connectivity index (χ1n) is 11.4. The number of hydrogen-bond acceptors (Lipinski definition) is 5. The van der Waals surface area contributed by atoms with E-state index in [1.54, 1.807) is 37.2 Å². The maximum atomic E-state index is 13.5. The van der Waals surface area contributed by atoms with Crippen molar-refractivity contribution in [3.63, 3.8) is 0 Å². The number of fused-ring (bicyclic) bond motifs is 1. The highest BCUT2D eigenvalue weighted by atomic mass is 32.2. The third-order valence-electron chi connectivity index (χ3n) is 6.40. The fourth-order valence-electron chi connectivity index (χ4n) is 4.19. The monoisotopic (exact) mass is 503 g/mol. The van der Waals surface area contributed by atoms with Crippen LogP contribution >= 0.6 is 0 Å². The van der Waals surface area contributed by atoms with Crippen LogP contribution in [0.4, 0.5) is 20.6 Å². The van der Waals surface area contributed by atoms with Gasteiger partial charge in [0.1, 0.15) is 6.67 Å². The smallest absolute Gasteiger partial charge is 0.319 e. The minimum atomic E-state index is -3.99. The number of carbonyl (C=O) groups excluding carboxylic acids is 2. The van der Waals surface area contributed by atoms with Crippen molar-refractivity contribution in [2.24, 2.45) is 0 Å². The molecule has 1 saturated carbocycles. The van der Waals surface area contributed by atoms with Gasteiger partial charge in [-0.25, -0.2) is 22.3 Å². The molecule has 2 aliphatic rings. The van der Waals surface area contributed by atoms with Gasteiger partial charge in [0.25, 0.3) is 0 Å². The van der Waals surface area contributed by atoms with Gasteiger partial charge in [0, 0.05) is 57.0 Å². The molecule has 1 heterocycles. The van der Waals surface area contributed by atoms with Crippen LogP contribution in [-0.2, 0) is 14.8 Å². The molecule has 1 saturated heterocycles. The van der Waals surface area contributed by atoms with Crippen molar-refractivity contribution >= 4 is 44.1 Å². The van der Waals surface area contributed by atoms with Crippen LogP contribution in [0.3, 0.4) is 0 Å². The number of alkyl halides is 1. The number of carbonyl (C=O) groups is 2. The summed E-state index contributed by atoms with van der Waals surface area (Å²) < 4.78 is 42.4. The van der Waals surface area contributed by atoms with Crippen molar-refractivity contribution in [1.29, 1.82) is 0 Å². The number of piperazine rings is 1. The van der Waals surface area contributed by atoms with E-state index in [0.29, 0.717) is 55.8 Å². The summed E-state index contributed by atoms with van der Waals surface area (Å²) in [5.41, 5.74) is 0.178. The molecule has 0 bridgehead atoms. The summed E-state index contributed by atoms with van der Waals surface area (Å²) in [4.78, 5) is 29.5. The standard InChI is InChI=1S/C24H30FN5O4S/c1-4-22(31)26-18-5-6-20-17(13-18)14-19(35(33,34)27-24(16-25)7-8-24)15-21(20)29-9-11-30(12-10-29)23(32)28(2)3/h4-6,13-15,27H,1,7-12,16H2,2-3H3,(H,26,31). The van der Waals surface area contributed by atoms with Gasteiger partial charge in [-0.2, -0.15) is 0 Å². The van der Waals surface area contributed by atoms with E-state index in [1.807, 2.05) is 11.0 Å². The summed E-state index contributed by atoms with van der Waals surface area (Å²) in [6.45, 7) is 4.72. The van der Waals surface area contributed by atoms with Crippen molar-refractivity contribution < 1.29 is 22.4 Å². The zero-order valence-corrected chi connectivity index (χ0v) is 20.7. The van der Waals surface area contributed by atoms with Crippen LogP contribution in [0.15, 0.2) is 47.9 Å². The second-order valence-corrected chi connectivity index (χ2v) is 10.9. The summed E-state index contributed by atoms with van der Waals surface area (Å²) in [5, 5.41) is 4.11. The summed E-state index contributed by atoms with van der Waals surface area (Å²) in [7, 11) is -0.578. The number of sulfonamides is 1. The fourth-order valence-corrected chi connectivity index (χ4v) is 5.69. The van der Waals surface area contributed by atoms with Gasteiger partial charge in [0.2, 0.25) is 15.9 Å². The van der Waals surface area contributed by atoms with Crippen molar-refractivity contribution in [2.45, 2.75) is 23.3 Å². The number of hydrogen-bond donors (Lipinski definition) is 2. The molecule has 1 aliphatic heterocycles. The third-order valence-corrected chi connectivity index (χ3v) is 7.96. The third kappa shape index (κ3) is 5.25. The van der Waals surface area contributed by atoms with Gasteiger partial charge in [-0.3, -0.25) is 4.79 Å². The molecule has 9 nitrogen and oxygen atoms in total. The van der Waals surface area contributed by atoms with Crippen LogP contribution in [0.25, 0.3) is 10.8 Å². The SMILES string of the molecule is C=CC(=O)Nc1ccc2c(N3CCN(C(=O)N(C)C)CC3)cc(S(=O)(=O)NC3(CF)CC3)cc2c1. The highest BCUT2D eigenvalue weighted by Crippen LogP contribution is 2.39. The molecule has 3 amide bonds. The van der Waals surface area contributed by atoms with E-state index in [1.165, 1.54) is 11.0 Å². The molecule has 0 spiro atoms. The zero-order chi connectivity index (χ0) is 25.4. The number of nitrogens with one attached hydrogen (secondary N) is 2. The summed E-state index contributed by atoms with van der Waals surface area (Å²) >= 11 is 0. The van der Waals surface area contributed by atoms with E-state index in [-0.39, 0.29) is 16.8 Å². The summed E-state index contributed by atoms with van der Waals surface area (Å²) in [6.07, 6.45) is 2.08. The summed E-state index contributed by atoms with van der Waals surface area (Å²) in [6, 6.07) is 8.34. The molecule has 2 aromatic carbocycles. The predicted molar refractivity (Wildman–Crippen MR) is 134 cm³/mol. The van der Waals surface area contributed by atoms with E-state index in [4.69, 9.17) is 0 Å². The van der Waals surface area contributed by atoms with Crippen LogP contribution in [0.1, 0.15) is 12.8 Å². The molecule has 0 radical (unpaired) electrons. The normalized spacial score (nSPS) is 17.2. The van der Waals surface area contributed by atoms with E-state index >= 15 is 0 Å². The molecular weight excluding hydrogens is 473 g/mol. The van der Waals surface area contributed by atoms with Gasteiger partial charge in [-0.15, -0.1) is 0 Å². The van der Waals surface area contributed by atoms with Crippen LogP contribution in [0, 0.1) is 0 Å². The van der Waals surface area contributed by atoms with Gasteiger partial charge in [-0.05, 0) is 48.6 Å². The Morgan fingerprint density at radius 3 is 2.40 bits per heavy atom. The Balaban J connectivity index is 1.73. The largest absolute Gasteiger partial charge is 0.367 e. The lowest BCUT2D eigenvalue weighted by Gasteiger charge is -2.37. The molecule has 0 unspecified atom stereocenters. The first-order valence-corrected chi connectivity index (χ1v) is 12.9. The first-order chi connectivity index (χ1) is 16.6. The Morgan fingerprint density at radius 2 is 1.83 bits per heavy atom. The lowest BCUT2D eigenvalue weighted by molar-refractivity contribution is -0.111. The molecule has 0 aromatic heterocycles. The minimum absolute atomic E-state index is 0.0266. The number of halogens is 1. The molecule has 2 N–H and O–H groups in total. The lowest BCUT2D eigenvalue weighted by Crippen LogP contribution is -2.51. The molecule has 2 aromatic rings. The van der Waals surface area contributed by atoms with Crippen molar-refractivity contribution in [2.75, 3.05) is 57.2 Å². The lowest BCUT2D eigenvalue weighted by atomic mass is 10.1. The van der Waals surface area contributed by atoms with Gasteiger partial charge in [0.15, 0.2) is 0 Å². The number of amides is 3. The topological polar surface area (TPSA) is 102 Å². The zero-order valence-electron chi connectivity index (χ0n) is 19.9. The molecule has 188 valence electrons. The minimum Gasteiger partial charge on any atom is -0.367 e. The fraction of sp³-hybridized carbons (Fsp3) is 0.417. The van der Waals surface area contributed by atoms with Crippen molar-refractivity contribution in [3.8, 4) is 0 Å². The van der Waals surface area contributed by atoms with Crippen LogP contribution in [-0.4, -0.2) is 82.6 Å². The number of anilines is 2. The quantitative estimate of drug-likeness (QED) is 0.566. The molecule has 0 atom stereocenters. The van der Waals surface area contributed by atoms with E-state index in [0.717, 1.165) is 11.5 Å². The van der Waals surface area contributed by atoms with E-state index in [2.05, 4.69) is 16.6 Å². The van der Waals surface area contributed by atoms with Crippen molar-refractivity contribution in [3.05, 3.63) is 43.0 Å². The van der Waals surface area contributed by atoms with Gasteiger partial charge < -0.3 is 20.0 Å². The Kier molecular flexibility index (Phi) is 6.74. The number of benzene rings is 2. The maximum Gasteiger partial charge on any atom is 0.319 e. The highest BCUT2D eigenvalue weighted by molar-refractivity contribution is 7.89. The maximum absolute atomic E-state index is 13.5. The average molecular weight is 504 g/mol. The second-order valence-electron chi connectivity index (χ2n) is 9.24. The predicted octanol–water partition coefficient (Wildman–Crippen LogP) is 2.55. The van der Waals surface area contributed by atoms with Gasteiger partial charge in [0.05, 0.1) is 10.4 Å². The molecular formula is C24H30FN5O4S. The van der Waals surface area contributed by atoms with E-state index < -0.39 is 22.2 Å². The van der Waals surface area contributed by atoms with Crippen LogP contribution < -0.4 is 14.9 Å². The highest BCUT2D eigenvalue weighted by Gasteiger charge is 2.46. The Bertz CT molecular complexity index is 1270. The molecule has 1 aliphatic carbocycles. The molecule has 35 heavy (non-hydrogen) atoms. The average Bonchev–Trinajstić information content (AvgIpc) is 3.61. The van der Waals surface area contributed by atoms with Gasteiger partial charge >= 0.3 is 6.03 Å². The Labute approximate surface area is 204 Å². The summed E-state index contributed by atoms with van der Waals surface area (Å²) in [5.74, 6) is -0.379. The second kappa shape index (κ2) is 9.46. The van der Waals surface area contributed by atoms with E-state index in [9.17, 15) is 22.4 Å². The van der Waals surface area contributed by atoms with Crippen molar-refractivity contribution in [1.82, 2.24) is 14.5 Å². The number of rotatable bonds is 7. The van der Waals surface area contributed by atoms with Gasteiger partial charge in [-0.1, -0.05) is 12.6 Å². The molecule has 2 fully saturated rings. The van der Waals surface area contributed by atoms with Crippen LogP contribution in [0.2, 0.25) is 0 Å². The number of nitrogens with zero attached hydrogens (tertiary/aromatic N) is 3. The number of urea groups is 1. The Morgan fingerprint density at radius 1 is 1.14 bits per heavy atom.